The fourth-order valence-corrected chi connectivity index (χ4v) is 0.947. The van der Waals surface area contributed by atoms with Gasteiger partial charge in [-0.1, -0.05) is 11.6 Å². The number of nitrogens with zero attached hydrogens (tertiary/aromatic N) is 1. The first-order valence-electron chi connectivity index (χ1n) is 4.54. The second-order valence-electron chi connectivity index (χ2n) is 2.67. The second kappa shape index (κ2) is 8.14. The van der Waals surface area contributed by atoms with Gasteiger partial charge >= 0.3 is 0 Å². The van der Waals surface area contributed by atoms with Crippen molar-refractivity contribution in [2.75, 3.05) is 6.54 Å². The van der Waals surface area contributed by atoms with Crippen LogP contribution in [-0.2, 0) is 4.84 Å². The first-order valence-corrected chi connectivity index (χ1v) is 4.92. The number of hydrogen-bond donors (Lipinski definition) is 3. The van der Waals surface area contributed by atoms with Crippen molar-refractivity contribution < 1.29 is 4.84 Å². The van der Waals surface area contributed by atoms with Gasteiger partial charge in [-0.25, -0.2) is 0 Å². The lowest BCUT2D eigenvalue weighted by Crippen LogP contribution is -2.14. The molecule has 0 radical (unpaired) electrons. The van der Waals surface area contributed by atoms with Gasteiger partial charge in [0.15, 0.2) is 0 Å². The Morgan fingerprint density at radius 3 is 2.73 bits per heavy atom. The summed E-state index contributed by atoms with van der Waals surface area (Å²) in [4.78, 5) is 9.06. The number of aliphatic imine (C=N–C) groups is 1. The lowest BCUT2D eigenvalue weighted by atomic mass is 10.2. The molecule has 0 aromatic carbocycles. The Morgan fingerprint density at radius 2 is 2.27 bits per heavy atom. The van der Waals surface area contributed by atoms with Crippen LogP contribution >= 0.6 is 11.6 Å². The molecule has 0 rings (SSSR count). The molecule has 0 aromatic rings. The predicted molar refractivity (Wildman–Crippen MR) is 63.1 cm³/mol. The third-order valence-electron chi connectivity index (χ3n) is 1.46. The topological polar surface area (TPSA) is 85.7 Å². The maximum atomic E-state index is 5.83. The van der Waals surface area contributed by atoms with Gasteiger partial charge in [-0.15, -0.1) is 0 Å². The highest BCUT2D eigenvalue weighted by atomic mass is 35.5. The molecule has 0 aliphatic heterocycles. The van der Waals surface area contributed by atoms with E-state index in [0.717, 1.165) is 0 Å². The minimum atomic E-state index is -0.402. The van der Waals surface area contributed by atoms with E-state index in [2.05, 4.69) is 10.5 Å². The summed E-state index contributed by atoms with van der Waals surface area (Å²) in [7, 11) is 0. The van der Waals surface area contributed by atoms with Gasteiger partial charge in [0.25, 0.3) is 0 Å². The molecule has 0 aliphatic rings. The number of nitrogens with two attached hydrogens (primary N) is 2. The van der Waals surface area contributed by atoms with Crippen molar-refractivity contribution in [1.82, 2.24) is 5.48 Å². The number of halogens is 1. The Hall–Kier alpha value is -1.20. The van der Waals surface area contributed by atoms with Gasteiger partial charge in [0.1, 0.15) is 11.8 Å². The molecule has 0 aliphatic carbocycles. The van der Waals surface area contributed by atoms with E-state index in [1.807, 2.05) is 6.92 Å². The number of rotatable bonds is 6. The lowest BCUT2D eigenvalue weighted by molar-refractivity contribution is 0.110. The van der Waals surface area contributed by atoms with Gasteiger partial charge in [0.05, 0.1) is 11.4 Å². The van der Waals surface area contributed by atoms with Crippen molar-refractivity contribution in [3.05, 3.63) is 23.1 Å². The van der Waals surface area contributed by atoms with Crippen LogP contribution in [-0.4, -0.2) is 18.9 Å². The molecule has 1 unspecified atom stereocenters. The summed E-state index contributed by atoms with van der Waals surface area (Å²) in [5.74, 6) is 0.646. The standard InChI is InChI=1S/C9H17ClN4O/c1-3-14-15-7(2)4-9(13-6-12)8(10)5-11/h4-6,9,14H,3,11H2,1-2H3,(H2,12,13)/b7-4+,8-5-. The Balaban J connectivity index is 4.51. The Kier molecular flexibility index (Phi) is 7.49. The van der Waals surface area contributed by atoms with Crippen LogP contribution < -0.4 is 16.9 Å². The highest BCUT2D eigenvalue weighted by molar-refractivity contribution is 6.30. The van der Waals surface area contributed by atoms with Crippen LogP contribution in [0.2, 0.25) is 0 Å². The maximum Gasteiger partial charge on any atom is 0.119 e. The summed E-state index contributed by atoms with van der Waals surface area (Å²) in [6.45, 7) is 4.41. The summed E-state index contributed by atoms with van der Waals surface area (Å²) in [6.07, 6.45) is 4.15. The molecule has 1 atom stereocenters. The molecular formula is C9H17ClN4O. The van der Waals surface area contributed by atoms with E-state index in [0.29, 0.717) is 17.3 Å². The highest BCUT2D eigenvalue weighted by Gasteiger charge is 2.07. The molecule has 0 amide bonds. The Morgan fingerprint density at radius 1 is 1.60 bits per heavy atom. The average Bonchev–Trinajstić information content (AvgIpc) is 2.24. The van der Waals surface area contributed by atoms with E-state index in [1.54, 1.807) is 13.0 Å². The van der Waals surface area contributed by atoms with E-state index in [4.69, 9.17) is 27.9 Å². The first kappa shape index (κ1) is 13.8. The summed E-state index contributed by atoms with van der Waals surface area (Å²) >= 11 is 5.83. The van der Waals surface area contributed by atoms with Crippen LogP contribution in [0.5, 0.6) is 0 Å². The van der Waals surface area contributed by atoms with Crippen molar-refractivity contribution in [3.63, 3.8) is 0 Å². The number of hydrogen-bond acceptors (Lipinski definition) is 4. The zero-order valence-electron chi connectivity index (χ0n) is 8.90. The summed E-state index contributed by atoms with van der Waals surface area (Å²) in [5, 5.41) is 0.385. The zero-order chi connectivity index (χ0) is 11.7. The fourth-order valence-electron chi connectivity index (χ4n) is 0.828. The molecule has 0 aromatic heterocycles. The van der Waals surface area contributed by atoms with Gasteiger partial charge in [0.2, 0.25) is 0 Å². The predicted octanol–water partition coefficient (Wildman–Crippen LogP) is 0.826. The molecule has 0 saturated heterocycles. The minimum absolute atomic E-state index is 0.385. The lowest BCUT2D eigenvalue weighted by Gasteiger charge is -2.09. The highest BCUT2D eigenvalue weighted by Crippen LogP contribution is 2.13. The molecule has 0 bridgehead atoms. The van der Waals surface area contributed by atoms with E-state index in [9.17, 15) is 0 Å². The largest absolute Gasteiger partial charge is 0.414 e. The van der Waals surface area contributed by atoms with Crippen LogP contribution in [0.25, 0.3) is 0 Å². The third kappa shape index (κ3) is 5.98. The second-order valence-corrected chi connectivity index (χ2v) is 3.11. The molecule has 0 fully saturated rings. The van der Waals surface area contributed by atoms with Crippen LogP contribution in [0.15, 0.2) is 28.1 Å². The van der Waals surface area contributed by atoms with Crippen molar-refractivity contribution in [2.24, 2.45) is 16.5 Å². The molecule has 15 heavy (non-hydrogen) atoms. The van der Waals surface area contributed by atoms with Gasteiger partial charge in [-0.2, -0.15) is 5.48 Å². The monoisotopic (exact) mass is 232 g/mol. The molecule has 86 valence electrons. The van der Waals surface area contributed by atoms with Gasteiger partial charge in [-0.3, -0.25) is 4.99 Å². The van der Waals surface area contributed by atoms with E-state index in [1.165, 1.54) is 12.5 Å². The van der Waals surface area contributed by atoms with Crippen molar-refractivity contribution in [1.29, 1.82) is 0 Å². The van der Waals surface area contributed by atoms with Gasteiger partial charge in [-0.05, 0) is 19.9 Å². The van der Waals surface area contributed by atoms with Crippen molar-refractivity contribution >= 4 is 17.9 Å². The third-order valence-corrected chi connectivity index (χ3v) is 1.81. The molecule has 0 spiro atoms. The Bertz CT molecular complexity index is 263. The van der Waals surface area contributed by atoms with E-state index in [-0.39, 0.29) is 0 Å². The van der Waals surface area contributed by atoms with Crippen LogP contribution in [0, 0.1) is 0 Å². The summed E-state index contributed by atoms with van der Waals surface area (Å²) in [5.41, 5.74) is 13.2. The summed E-state index contributed by atoms with van der Waals surface area (Å²) < 4.78 is 0. The Labute approximate surface area is 94.8 Å². The molecule has 5 N–H and O–H groups in total. The van der Waals surface area contributed by atoms with Crippen LogP contribution in [0.4, 0.5) is 0 Å². The SMILES string of the molecule is CCNO/C(C)=C/C(N=CN)/C(Cl)=C/N. The maximum absolute atomic E-state index is 5.83. The van der Waals surface area contributed by atoms with E-state index < -0.39 is 6.04 Å². The van der Waals surface area contributed by atoms with E-state index >= 15 is 0 Å². The summed E-state index contributed by atoms with van der Waals surface area (Å²) in [6, 6.07) is -0.402. The van der Waals surface area contributed by atoms with Crippen molar-refractivity contribution in [2.45, 2.75) is 19.9 Å². The smallest absolute Gasteiger partial charge is 0.119 e. The first-order chi connectivity index (χ1) is 7.15. The van der Waals surface area contributed by atoms with Gasteiger partial charge < -0.3 is 16.3 Å². The van der Waals surface area contributed by atoms with Crippen molar-refractivity contribution in [3.8, 4) is 0 Å². The van der Waals surface area contributed by atoms with Crippen LogP contribution in [0.1, 0.15) is 13.8 Å². The normalized spacial score (nSPS) is 15.7. The average molecular weight is 233 g/mol. The minimum Gasteiger partial charge on any atom is -0.414 e. The van der Waals surface area contributed by atoms with Gasteiger partial charge in [0, 0.05) is 12.7 Å². The molecule has 0 heterocycles. The fraction of sp³-hybridized carbons (Fsp3) is 0.444. The molecule has 6 heteroatoms. The molecule has 5 nitrogen and oxygen atoms in total. The quantitative estimate of drug-likeness (QED) is 0.274. The number of hydroxylamine groups is 1. The number of nitrogens with one attached hydrogen (secondary N) is 1. The van der Waals surface area contributed by atoms with Crippen LogP contribution in [0.3, 0.4) is 0 Å². The number of allylic oxidation sites excluding steroid dienone is 1. The molecular weight excluding hydrogens is 216 g/mol. The molecule has 0 saturated carbocycles. The zero-order valence-corrected chi connectivity index (χ0v) is 9.66.